The highest BCUT2D eigenvalue weighted by Gasteiger charge is 1.94. The molecular weight excluding hydrogens is 138 g/mol. The number of hydrogen-bond donors (Lipinski definition) is 1. The number of methoxy groups -OCH3 is 1. The van der Waals surface area contributed by atoms with Crippen LogP contribution in [0.2, 0.25) is 0 Å². The van der Waals surface area contributed by atoms with Crippen LogP contribution in [0.3, 0.4) is 0 Å². The third kappa shape index (κ3) is 4.39. The van der Waals surface area contributed by atoms with Crippen molar-refractivity contribution in [3.8, 4) is 0 Å². The maximum absolute atomic E-state index is 5.54. The summed E-state index contributed by atoms with van der Waals surface area (Å²) in [4.78, 5) is 0. The highest BCUT2D eigenvalue weighted by Crippen LogP contribution is 2.01. The van der Waals surface area contributed by atoms with Gasteiger partial charge in [0.2, 0.25) is 0 Å². The van der Waals surface area contributed by atoms with E-state index in [4.69, 9.17) is 10.5 Å². The minimum Gasteiger partial charge on any atom is -0.497 e. The first-order chi connectivity index (χ1) is 5.07. The zero-order valence-corrected chi connectivity index (χ0v) is 7.13. The van der Waals surface area contributed by atoms with E-state index in [1.165, 1.54) is 0 Å². The first-order valence-corrected chi connectivity index (χ1v) is 3.43. The van der Waals surface area contributed by atoms with Crippen LogP contribution in [0.5, 0.6) is 0 Å². The van der Waals surface area contributed by atoms with Crippen LogP contribution in [0.4, 0.5) is 0 Å². The van der Waals surface area contributed by atoms with Crippen LogP contribution in [0, 0.1) is 0 Å². The molecule has 2 N–H and O–H groups in total. The summed E-state index contributed by atoms with van der Waals surface area (Å²) >= 11 is 0. The van der Waals surface area contributed by atoms with Crippen LogP contribution >= 0.6 is 0 Å². The summed E-state index contributed by atoms with van der Waals surface area (Å²) in [5.41, 5.74) is 6.41. The molecule has 0 amide bonds. The first kappa shape index (κ1) is 9.98. The molecule has 0 aliphatic carbocycles. The normalized spacial score (nSPS) is 13.0. The van der Waals surface area contributed by atoms with E-state index in [-0.39, 0.29) is 6.04 Å². The smallest absolute Gasteiger partial charge is 0.111 e. The van der Waals surface area contributed by atoms with Gasteiger partial charge in [-0.1, -0.05) is 19.2 Å². The molecule has 0 rings (SSSR count). The minimum absolute atomic E-state index is 0.0177. The highest BCUT2D eigenvalue weighted by molar-refractivity contribution is 5.24. The Morgan fingerprint density at radius 1 is 1.45 bits per heavy atom. The van der Waals surface area contributed by atoms with Crippen LogP contribution in [0.25, 0.3) is 0 Å². The molecule has 0 radical (unpaired) electrons. The maximum atomic E-state index is 5.54. The minimum atomic E-state index is -0.0177. The maximum Gasteiger partial charge on any atom is 0.111 e. The lowest BCUT2D eigenvalue weighted by atomic mass is 10.1. The van der Waals surface area contributed by atoms with Gasteiger partial charge in [-0.2, -0.15) is 0 Å². The van der Waals surface area contributed by atoms with Crippen LogP contribution < -0.4 is 5.73 Å². The number of rotatable bonds is 4. The molecule has 0 aromatic carbocycles. The molecule has 0 aromatic heterocycles. The van der Waals surface area contributed by atoms with Crippen molar-refractivity contribution in [3.05, 3.63) is 36.6 Å². The van der Waals surface area contributed by atoms with E-state index in [1.54, 1.807) is 19.3 Å². The van der Waals surface area contributed by atoms with Crippen LogP contribution in [-0.2, 0) is 4.74 Å². The summed E-state index contributed by atoms with van der Waals surface area (Å²) in [6.07, 6.45) is 3.54. The molecule has 0 saturated heterocycles. The third-order valence-electron chi connectivity index (χ3n) is 1.33. The van der Waals surface area contributed by atoms with Gasteiger partial charge in [-0.15, -0.1) is 0 Å². The van der Waals surface area contributed by atoms with Crippen LogP contribution in [-0.4, -0.2) is 13.2 Å². The highest BCUT2D eigenvalue weighted by atomic mass is 16.5. The van der Waals surface area contributed by atoms with Gasteiger partial charge in [-0.05, 0) is 18.6 Å². The van der Waals surface area contributed by atoms with E-state index in [9.17, 15) is 0 Å². The Balaban J connectivity index is 3.93. The Labute approximate surface area is 68.0 Å². The van der Waals surface area contributed by atoms with Gasteiger partial charge in [-0.3, -0.25) is 0 Å². The molecule has 2 heteroatoms. The quantitative estimate of drug-likeness (QED) is 0.492. The first-order valence-electron chi connectivity index (χ1n) is 3.43. The van der Waals surface area contributed by atoms with E-state index >= 15 is 0 Å². The molecule has 62 valence electrons. The van der Waals surface area contributed by atoms with E-state index in [0.29, 0.717) is 5.76 Å². The molecule has 0 fully saturated rings. The van der Waals surface area contributed by atoms with E-state index in [0.717, 1.165) is 5.57 Å². The van der Waals surface area contributed by atoms with Crippen LogP contribution in [0.15, 0.2) is 36.6 Å². The van der Waals surface area contributed by atoms with E-state index < -0.39 is 0 Å². The Morgan fingerprint density at radius 2 is 2.00 bits per heavy atom. The number of allylic oxidation sites excluding steroid dienone is 1. The van der Waals surface area contributed by atoms with Crippen molar-refractivity contribution in [2.45, 2.75) is 13.0 Å². The molecule has 0 aromatic rings. The van der Waals surface area contributed by atoms with Crippen molar-refractivity contribution < 1.29 is 4.74 Å². The zero-order chi connectivity index (χ0) is 8.85. The molecule has 0 aliphatic rings. The second kappa shape index (κ2) is 4.74. The summed E-state index contributed by atoms with van der Waals surface area (Å²) in [7, 11) is 1.57. The zero-order valence-electron chi connectivity index (χ0n) is 7.13. The fourth-order valence-electron chi connectivity index (χ4n) is 0.420. The van der Waals surface area contributed by atoms with Gasteiger partial charge in [0.1, 0.15) is 5.76 Å². The van der Waals surface area contributed by atoms with Crippen molar-refractivity contribution in [3.63, 3.8) is 0 Å². The lowest BCUT2D eigenvalue weighted by molar-refractivity contribution is 0.309. The van der Waals surface area contributed by atoms with Crippen LogP contribution in [0.1, 0.15) is 6.92 Å². The van der Waals surface area contributed by atoms with Gasteiger partial charge in [-0.25, -0.2) is 0 Å². The Bertz CT molecular complexity index is 180. The van der Waals surface area contributed by atoms with E-state index in [2.05, 4.69) is 13.2 Å². The largest absolute Gasteiger partial charge is 0.497 e. The molecule has 0 heterocycles. The Morgan fingerprint density at radius 3 is 2.36 bits per heavy atom. The second-order valence-corrected chi connectivity index (χ2v) is 2.37. The number of hydrogen-bond acceptors (Lipinski definition) is 2. The van der Waals surface area contributed by atoms with Gasteiger partial charge >= 0.3 is 0 Å². The standard InChI is InChI=1S/C9H15NO/c1-7(9(3)10)5-6-8(2)11-4/h5-6,9H,1-2,10H2,3-4H3/b6-5-/t9-/m1/s1. The summed E-state index contributed by atoms with van der Waals surface area (Å²) in [6.45, 7) is 9.24. The molecular formula is C9H15NO. The lowest BCUT2D eigenvalue weighted by Gasteiger charge is -2.03. The summed E-state index contributed by atoms with van der Waals surface area (Å²) < 4.78 is 4.82. The average molecular weight is 153 g/mol. The number of ether oxygens (including phenoxy) is 1. The molecule has 0 saturated carbocycles. The lowest BCUT2D eigenvalue weighted by Crippen LogP contribution is -2.15. The SMILES string of the molecule is C=C(/C=C\C(=C)[C@@H](C)N)OC. The van der Waals surface area contributed by atoms with Crippen molar-refractivity contribution in [2.24, 2.45) is 5.73 Å². The number of nitrogens with two attached hydrogens (primary N) is 1. The van der Waals surface area contributed by atoms with Gasteiger partial charge in [0.25, 0.3) is 0 Å². The predicted molar refractivity (Wildman–Crippen MR) is 48.1 cm³/mol. The Kier molecular flexibility index (Phi) is 4.30. The third-order valence-corrected chi connectivity index (χ3v) is 1.33. The molecule has 0 spiro atoms. The fourth-order valence-corrected chi connectivity index (χ4v) is 0.420. The molecule has 11 heavy (non-hydrogen) atoms. The summed E-state index contributed by atoms with van der Waals surface area (Å²) in [6, 6.07) is -0.0177. The monoisotopic (exact) mass is 153 g/mol. The Hall–Kier alpha value is -1.02. The molecule has 1 atom stereocenters. The molecule has 0 bridgehead atoms. The van der Waals surface area contributed by atoms with E-state index in [1.807, 2.05) is 6.92 Å². The molecule has 2 nitrogen and oxygen atoms in total. The molecule has 0 aliphatic heterocycles. The van der Waals surface area contributed by atoms with Gasteiger partial charge in [0.05, 0.1) is 7.11 Å². The van der Waals surface area contributed by atoms with Gasteiger partial charge in [0.15, 0.2) is 0 Å². The van der Waals surface area contributed by atoms with Crippen molar-refractivity contribution in [1.82, 2.24) is 0 Å². The van der Waals surface area contributed by atoms with Crippen molar-refractivity contribution in [2.75, 3.05) is 7.11 Å². The average Bonchev–Trinajstić information content (AvgIpc) is 1.99. The topological polar surface area (TPSA) is 35.2 Å². The fraction of sp³-hybridized carbons (Fsp3) is 0.333. The summed E-state index contributed by atoms with van der Waals surface area (Å²) in [5, 5.41) is 0. The van der Waals surface area contributed by atoms with Gasteiger partial charge < -0.3 is 10.5 Å². The second-order valence-electron chi connectivity index (χ2n) is 2.37. The van der Waals surface area contributed by atoms with Gasteiger partial charge in [0, 0.05) is 6.04 Å². The summed E-state index contributed by atoms with van der Waals surface area (Å²) in [5.74, 6) is 0.604. The predicted octanol–water partition coefficient (Wildman–Crippen LogP) is 1.61. The van der Waals surface area contributed by atoms with Crippen molar-refractivity contribution in [1.29, 1.82) is 0 Å². The van der Waals surface area contributed by atoms with Crippen molar-refractivity contribution >= 4 is 0 Å². The molecule has 0 unspecified atom stereocenters.